The number of ether oxygens (including phenoxy) is 3. The van der Waals surface area contributed by atoms with Crippen molar-refractivity contribution in [2.45, 2.75) is 25.7 Å². The molecule has 2 aromatic carbocycles. The summed E-state index contributed by atoms with van der Waals surface area (Å²) in [6.45, 7) is 5.83. The molecule has 0 atom stereocenters. The van der Waals surface area contributed by atoms with Gasteiger partial charge >= 0.3 is 0 Å². The van der Waals surface area contributed by atoms with Crippen LogP contribution >= 0.6 is 0 Å². The summed E-state index contributed by atoms with van der Waals surface area (Å²) in [5, 5.41) is 0. The van der Waals surface area contributed by atoms with E-state index in [2.05, 4.69) is 4.72 Å². The molecule has 0 aliphatic heterocycles. The molecule has 1 N–H and O–H groups in total. The number of hydrogen-bond donors (Lipinski definition) is 1. The highest BCUT2D eigenvalue weighted by Gasteiger charge is 2.19. The van der Waals surface area contributed by atoms with Crippen LogP contribution in [0.2, 0.25) is 0 Å². The number of rotatable bonds is 8. The number of sulfonamides is 1. The van der Waals surface area contributed by atoms with Crippen molar-refractivity contribution in [2.24, 2.45) is 0 Å². The lowest BCUT2D eigenvalue weighted by molar-refractivity contribution is 0.287. The third kappa shape index (κ3) is 4.47. The summed E-state index contributed by atoms with van der Waals surface area (Å²) >= 11 is 0. The molecule has 0 radical (unpaired) electrons. The molecule has 0 aliphatic rings. The van der Waals surface area contributed by atoms with Crippen molar-refractivity contribution in [2.75, 3.05) is 27.4 Å². The molecule has 6 nitrogen and oxygen atoms in total. The SMILES string of the molecule is COc1cccc(OCCNS(=O)(=O)c2c(C)cc(C)cc2C)c1OC. The van der Waals surface area contributed by atoms with Gasteiger partial charge in [-0.2, -0.15) is 0 Å². The van der Waals surface area contributed by atoms with Gasteiger partial charge in [0.1, 0.15) is 6.61 Å². The van der Waals surface area contributed by atoms with Crippen molar-refractivity contribution in [3.63, 3.8) is 0 Å². The third-order valence-corrected chi connectivity index (χ3v) is 5.66. The Morgan fingerprint density at radius 1 is 0.962 bits per heavy atom. The first-order chi connectivity index (χ1) is 12.3. The van der Waals surface area contributed by atoms with E-state index in [-0.39, 0.29) is 13.2 Å². The highest BCUT2D eigenvalue weighted by Crippen LogP contribution is 2.36. The van der Waals surface area contributed by atoms with Gasteiger partial charge in [0.05, 0.1) is 19.1 Å². The fraction of sp³-hybridized carbons (Fsp3) is 0.368. The smallest absolute Gasteiger partial charge is 0.241 e. The average molecular weight is 379 g/mol. The standard InChI is InChI=1S/C19H25NO5S/c1-13-11-14(2)19(15(3)12-13)26(21,22)20-9-10-25-17-8-6-7-16(23-4)18(17)24-5/h6-8,11-12,20H,9-10H2,1-5H3. The molecule has 2 rings (SSSR count). The number of nitrogens with one attached hydrogen (secondary N) is 1. The zero-order valence-electron chi connectivity index (χ0n) is 15.8. The highest BCUT2D eigenvalue weighted by molar-refractivity contribution is 7.89. The van der Waals surface area contributed by atoms with Gasteiger partial charge in [0.2, 0.25) is 15.8 Å². The van der Waals surface area contributed by atoms with Crippen LogP contribution in [0.4, 0.5) is 0 Å². The van der Waals surface area contributed by atoms with Gasteiger partial charge in [-0.3, -0.25) is 0 Å². The summed E-state index contributed by atoms with van der Waals surface area (Å²) in [5.74, 6) is 1.52. The van der Waals surface area contributed by atoms with E-state index >= 15 is 0 Å². The van der Waals surface area contributed by atoms with Gasteiger partial charge in [-0.1, -0.05) is 23.8 Å². The summed E-state index contributed by atoms with van der Waals surface area (Å²) in [5.41, 5.74) is 2.49. The quantitative estimate of drug-likeness (QED) is 0.714. The molecule has 0 heterocycles. The topological polar surface area (TPSA) is 73.9 Å². The Labute approximate surface area is 155 Å². The Kier molecular flexibility index (Phi) is 6.50. The van der Waals surface area contributed by atoms with E-state index in [0.29, 0.717) is 22.1 Å². The summed E-state index contributed by atoms with van der Waals surface area (Å²) < 4.78 is 44.0. The molecule has 0 amide bonds. The normalized spacial score (nSPS) is 11.3. The van der Waals surface area contributed by atoms with Gasteiger partial charge in [0.25, 0.3) is 0 Å². The second-order valence-electron chi connectivity index (χ2n) is 5.97. The van der Waals surface area contributed by atoms with Crippen molar-refractivity contribution in [1.29, 1.82) is 0 Å². The second-order valence-corrected chi connectivity index (χ2v) is 7.67. The van der Waals surface area contributed by atoms with E-state index in [1.807, 2.05) is 19.1 Å². The maximum atomic E-state index is 12.6. The first kappa shape index (κ1) is 20.1. The molecule has 7 heteroatoms. The number of methoxy groups -OCH3 is 2. The molecular formula is C19H25NO5S. The minimum atomic E-state index is -3.61. The zero-order valence-corrected chi connectivity index (χ0v) is 16.6. The van der Waals surface area contributed by atoms with Crippen molar-refractivity contribution < 1.29 is 22.6 Å². The van der Waals surface area contributed by atoms with Crippen LogP contribution in [0.15, 0.2) is 35.2 Å². The Balaban J connectivity index is 2.05. The summed E-state index contributed by atoms with van der Waals surface area (Å²) in [6, 6.07) is 9.00. The maximum absolute atomic E-state index is 12.6. The van der Waals surface area contributed by atoms with Crippen molar-refractivity contribution in [3.8, 4) is 17.2 Å². The van der Waals surface area contributed by atoms with E-state index in [1.165, 1.54) is 7.11 Å². The van der Waals surface area contributed by atoms with Crippen LogP contribution in [0, 0.1) is 20.8 Å². The van der Waals surface area contributed by atoms with E-state index in [4.69, 9.17) is 14.2 Å². The monoisotopic (exact) mass is 379 g/mol. The molecule has 0 bridgehead atoms. The van der Waals surface area contributed by atoms with Crippen molar-refractivity contribution >= 4 is 10.0 Å². The Morgan fingerprint density at radius 2 is 1.58 bits per heavy atom. The molecule has 26 heavy (non-hydrogen) atoms. The van der Waals surface area contributed by atoms with E-state index < -0.39 is 10.0 Å². The van der Waals surface area contributed by atoms with Crippen LogP contribution in [0.5, 0.6) is 17.2 Å². The van der Waals surface area contributed by atoms with Gasteiger partial charge in [0.15, 0.2) is 11.5 Å². The predicted molar refractivity (Wildman–Crippen MR) is 101 cm³/mol. The van der Waals surface area contributed by atoms with Crippen LogP contribution in [0.3, 0.4) is 0 Å². The fourth-order valence-electron chi connectivity index (χ4n) is 2.97. The molecular weight excluding hydrogens is 354 g/mol. The Hall–Kier alpha value is -2.25. The van der Waals surface area contributed by atoms with E-state index in [9.17, 15) is 8.42 Å². The molecule has 0 fully saturated rings. The molecule has 0 unspecified atom stereocenters. The van der Waals surface area contributed by atoms with Gasteiger partial charge in [0, 0.05) is 6.54 Å². The fourth-order valence-corrected chi connectivity index (χ4v) is 4.43. The lowest BCUT2D eigenvalue weighted by atomic mass is 10.1. The van der Waals surface area contributed by atoms with E-state index in [1.54, 1.807) is 39.2 Å². The van der Waals surface area contributed by atoms with Gasteiger partial charge in [-0.25, -0.2) is 13.1 Å². The molecule has 2 aromatic rings. The highest BCUT2D eigenvalue weighted by atomic mass is 32.2. The molecule has 0 saturated carbocycles. The maximum Gasteiger partial charge on any atom is 0.241 e. The lowest BCUT2D eigenvalue weighted by Crippen LogP contribution is -2.29. The van der Waals surface area contributed by atoms with Gasteiger partial charge < -0.3 is 14.2 Å². The van der Waals surface area contributed by atoms with Crippen LogP contribution in [0.25, 0.3) is 0 Å². The van der Waals surface area contributed by atoms with Gasteiger partial charge in [-0.05, 0) is 44.0 Å². The number of hydrogen-bond acceptors (Lipinski definition) is 5. The van der Waals surface area contributed by atoms with Crippen molar-refractivity contribution in [1.82, 2.24) is 4.72 Å². The van der Waals surface area contributed by atoms with Crippen LogP contribution < -0.4 is 18.9 Å². The third-order valence-electron chi connectivity index (χ3n) is 3.89. The van der Waals surface area contributed by atoms with Crippen LogP contribution in [-0.4, -0.2) is 35.8 Å². The van der Waals surface area contributed by atoms with Gasteiger partial charge in [-0.15, -0.1) is 0 Å². The lowest BCUT2D eigenvalue weighted by Gasteiger charge is -2.15. The summed E-state index contributed by atoms with van der Waals surface area (Å²) in [7, 11) is -0.539. The Morgan fingerprint density at radius 3 is 2.15 bits per heavy atom. The average Bonchev–Trinajstić information content (AvgIpc) is 2.57. The summed E-state index contributed by atoms with van der Waals surface area (Å²) in [6.07, 6.45) is 0. The molecule has 0 saturated heterocycles. The van der Waals surface area contributed by atoms with E-state index in [0.717, 1.165) is 16.7 Å². The first-order valence-electron chi connectivity index (χ1n) is 8.21. The minimum Gasteiger partial charge on any atom is -0.493 e. The molecule has 0 spiro atoms. The van der Waals surface area contributed by atoms with Crippen LogP contribution in [0.1, 0.15) is 16.7 Å². The zero-order chi connectivity index (χ0) is 19.3. The molecule has 0 aliphatic carbocycles. The predicted octanol–water partition coefficient (Wildman–Crippen LogP) is 2.99. The number of aryl methyl sites for hydroxylation is 3. The largest absolute Gasteiger partial charge is 0.493 e. The summed E-state index contributed by atoms with van der Waals surface area (Å²) in [4.78, 5) is 0.321. The molecule has 0 aromatic heterocycles. The first-order valence-corrected chi connectivity index (χ1v) is 9.69. The number of benzene rings is 2. The van der Waals surface area contributed by atoms with Crippen molar-refractivity contribution in [3.05, 3.63) is 47.0 Å². The second kappa shape index (κ2) is 8.42. The number of para-hydroxylation sites is 1. The molecule has 142 valence electrons. The Bertz CT molecular complexity index is 854. The minimum absolute atomic E-state index is 0.134. The van der Waals surface area contributed by atoms with Crippen LogP contribution in [-0.2, 0) is 10.0 Å².